The van der Waals surface area contributed by atoms with E-state index in [4.69, 9.17) is 24.4 Å². The van der Waals surface area contributed by atoms with Gasteiger partial charge in [-0.1, -0.05) is 52.7 Å². The van der Waals surface area contributed by atoms with Crippen LogP contribution in [0.3, 0.4) is 0 Å². The molecule has 0 aromatic carbocycles. The number of rotatable bonds is 13. The summed E-state index contributed by atoms with van der Waals surface area (Å²) in [5.74, 6) is 0.730. The summed E-state index contributed by atoms with van der Waals surface area (Å²) in [5.41, 5.74) is 0. The van der Waals surface area contributed by atoms with Crippen LogP contribution in [-0.4, -0.2) is 48.3 Å². The fraction of sp³-hybridized carbons (Fsp3) is 0.833. The highest BCUT2D eigenvalue weighted by atomic mass is 16.5. The lowest BCUT2D eigenvalue weighted by Crippen LogP contribution is -2.19. The molecule has 0 heterocycles. The quantitative estimate of drug-likeness (QED) is 0.382. The van der Waals surface area contributed by atoms with Crippen LogP contribution in [0.4, 0.5) is 0 Å². The first kappa shape index (κ1) is 30.2. The standard InChI is InChI=1S/C10H20O.C8H14O.C6H14O3/c1-4-7-8-10(5-2)9-11-6-3;1-2-9-8-6-4-3-5-7-8;1-5(8)4-9-6(2)3-7/h6,10H,3-5,7-9H2,1-2H3;2,8H,1,3-7H2;5-8H,3-4H2,1-2H3. The first-order valence-electron chi connectivity index (χ1n) is 11.3. The Bertz CT molecular complexity index is 340. The number of unbranched alkanes of at least 4 members (excludes halogenated alkanes) is 1. The second-order valence-electron chi connectivity index (χ2n) is 7.65. The minimum atomic E-state index is -0.445. The van der Waals surface area contributed by atoms with E-state index in [1.54, 1.807) is 20.1 Å². The third-order valence-electron chi connectivity index (χ3n) is 4.71. The Labute approximate surface area is 180 Å². The van der Waals surface area contributed by atoms with Gasteiger partial charge in [0.25, 0.3) is 0 Å². The predicted molar refractivity (Wildman–Crippen MR) is 122 cm³/mol. The fourth-order valence-corrected chi connectivity index (χ4v) is 2.80. The molecule has 0 radical (unpaired) electrons. The molecule has 174 valence electrons. The van der Waals surface area contributed by atoms with Crippen molar-refractivity contribution in [3.63, 3.8) is 0 Å². The Kier molecular flexibility index (Phi) is 24.2. The lowest BCUT2D eigenvalue weighted by molar-refractivity contribution is -0.0177. The Hall–Kier alpha value is -1.04. The van der Waals surface area contributed by atoms with Crippen LogP contribution < -0.4 is 0 Å². The molecule has 5 nitrogen and oxygen atoms in total. The Morgan fingerprint density at radius 3 is 2.14 bits per heavy atom. The van der Waals surface area contributed by atoms with Gasteiger partial charge in [-0.05, 0) is 51.9 Å². The van der Waals surface area contributed by atoms with Gasteiger partial charge in [-0.25, -0.2) is 0 Å². The summed E-state index contributed by atoms with van der Waals surface area (Å²) in [4.78, 5) is 0. The molecular formula is C24H48O5. The summed E-state index contributed by atoms with van der Waals surface area (Å²) in [6, 6.07) is 0. The SMILES string of the molecule is C=COC1CCCCC1.C=COCC(CC)CCCC.CC(O)COC(C)CO. The third-order valence-corrected chi connectivity index (χ3v) is 4.71. The lowest BCUT2D eigenvalue weighted by atomic mass is 9.98. The zero-order chi connectivity index (χ0) is 22.3. The summed E-state index contributed by atoms with van der Waals surface area (Å²) < 4.78 is 15.3. The van der Waals surface area contributed by atoms with E-state index in [1.807, 2.05) is 0 Å². The van der Waals surface area contributed by atoms with Crippen LogP contribution in [0.15, 0.2) is 25.7 Å². The number of ether oxygens (including phenoxy) is 3. The molecule has 0 aliphatic heterocycles. The van der Waals surface area contributed by atoms with Crippen LogP contribution >= 0.6 is 0 Å². The van der Waals surface area contributed by atoms with Gasteiger partial charge in [0.15, 0.2) is 0 Å². The van der Waals surface area contributed by atoms with Gasteiger partial charge >= 0.3 is 0 Å². The predicted octanol–water partition coefficient (Wildman–Crippen LogP) is 5.61. The van der Waals surface area contributed by atoms with Crippen LogP contribution in [0.2, 0.25) is 0 Å². The zero-order valence-corrected chi connectivity index (χ0v) is 19.5. The largest absolute Gasteiger partial charge is 0.502 e. The van der Waals surface area contributed by atoms with Gasteiger partial charge in [0.05, 0.1) is 50.7 Å². The van der Waals surface area contributed by atoms with Crippen LogP contribution in [0.25, 0.3) is 0 Å². The van der Waals surface area contributed by atoms with Gasteiger partial charge in [-0.15, -0.1) is 0 Å². The number of hydrogen-bond donors (Lipinski definition) is 2. The minimum Gasteiger partial charge on any atom is -0.502 e. The fourth-order valence-electron chi connectivity index (χ4n) is 2.80. The first-order chi connectivity index (χ1) is 13.9. The lowest BCUT2D eigenvalue weighted by Gasteiger charge is -2.20. The molecule has 1 rings (SSSR count). The molecule has 1 aliphatic rings. The molecule has 0 spiro atoms. The van der Waals surface area contributed by atoms with Gasteiger partial charge in [-0.2, -0.15) is 0 Å². The average molecular weight is 417 g/mol. The molecule has 2 N–H and O–H groups in total. The van der Waals surface area contributed by atoms with Crippen molar-refractivity contribution in [2.45, 2.75) is 104 Å². The van der Waals surface area contributed by atoms with Gasteiger partial charge in [0.2, 0.25) is 0 Å². The molecule has 0 aromatic rings. The molecule has 1 aliphatic carbocycles. The van der Waals surface area contributed by atoms with E-state index in [9.17, 15) is 0 Å². The van der Waals surface area contributed by atoms with Crippen LogP contribution in [0.5, 0.6) is 0 Å². The Morgan fingerprint density at radius 2 is 1.69 bits per heavy atom. The second kappa shape index (κ2) is 23.2. The number of aliphatic hydroxyl groups is 2. The highest BCUT2D eigenvalue weighted by Crippen LogP contribution is 2.19. The number of aliphatic hydroxyl groups excluding tert-OH is 2. The van der Waals surface area contributed by atoms with Gasteiger partial charge in [-0.3, -0.25) is 0 Å². The third kappa shape index (κ3) is 23.1. The van der Waals surface area contributed by atoms with E-state index in [2.05, 4.69) is 27.0 Å². The van der Waals surface area contributed by atoms with Crippen molar-refractivity contribution < 1.29 is 24.4 Å². The Morgan fingerprint density at radius 1 is 1.03 bits per heavy atom. The first-order valence-corrected chi connectivity index (χ1v) is 11.3. The van der Waals surface area contributed by atoms with E-state index in [0.717, 1.165) is 12.5 Å². The maximum absolute atomic E-state index is 8.69. The molecule has 0 saturated heterocycles. The van der Waals surface area contributed by atoms with Crippen molar-refractivity contribution in [2.75, 3.05) is 19.8 Å². The van der Waals surface area contributed by atoms with Crippen molar-refractivity contribution >= 4 is 0 Å². The van der Waals surface area contributed by atoms with Gasteiger partial charge < -0.3 is 24.4 Å². The summed E-state index contributed by atoms with van der Waals surface area (Å²) in [6.07, 6.45) is 14.6. The van der Waals surface area contributed by atoms with Crippen molar-refractivity contribution in [3.05, 3.63) is 25.7 Å². The van der Waals surface area contributed by atoms with Crippen LogP contribution in [0.1, 0.15) is 85.5 Å². The monoisotopic (exact) mass is 416 g/mol. The second-order valence-corrected chi connectivity index (χ2v) is 7.65. The van der Waals surface area contributed by atoms with Crippen molar-refractivity contribution in [1.82, 2.24) is 0 Å². The highest BCUT2D eigenvalue weighted by molar-refractivity contribution is 4.67. The van der Waals surface area contributed by atoms with E-state index in [1.165, 1.54) is 64.0 Å². The van der Waals surface area contributed by atoms with Crippen LogP contribution in [-0.2, 0) is 14.2 Å². The molecule has 1 saturated carbocycles. The summed E-state index contributed by atoms with van der Waals surface area (Å²) >= 11 is 0. The normalized spacial score (nSPS) is 16.8. The summed E-state index contributed by atoms with van der Waals surface area (Å²) in [6.45, 7) is 16.0. The molecule has 3 unspecified atom stereocenters. The topological polar surface area (TPSA) is 68.2 Å². The van der Waals surface area contributed by atoms with E-state index < -0.39 is 6.10 Å². The van der Waals surface area contributed by atoms with Gasteiger partial charge in [0, 0.05) is 0 Å². The van der Waals surface area contributed by atoms with E-state index >= 15 is 0 Å². The minimum absolute atomic E-state index is 0.00667. The molecule has 29 heavy (non-hydrogen) atoms. The molecule has 1 fully saturated rings. The number of hydrogen-bond acceptors (Lipinski definition) is 5. The molecular weight excluding hydrogens is 368 g/mol. The molecule has 0 bridgehead atoms. The van der Waals surface area contributed by atoms with Crippen molar-refractivity contribution in [2.24, 2.45) is 5.92 Å². The van der Waals surface area contributed by atoms with E-state index in [0.29, 0.717) is 12.7 Å². The zero-order valence-electron chi connectivity index (χ0n) is 19.5. The molecule has 3 atom stereocenters. The highest BCUT2D eigenvalue weighted by Gasteiger charge is 2.11. The Balaban J connectivity index is 0. The average Bonchev–Trinajstić information content (AvgIpc) is 2.74. The maximum atomic E-state index is 8.69. The molecule has 0 aromatic heterocycles. The summed E-state index contributed by atoms with van der Waals surface area (Å²) in [7, 11) is 0. The van der Waals surface area contributed by atoms with E-state index in [-0.39, 0.29) is 12.7 Å². The van der Waals surface area contributed by atoms with Crippen molar-refractivity contribution in [3.8, 4) is 0 Å². The van der Waals surface area contributed by atoms with Crippen LogP contribution in [0, 0.1) is 5.92 Å². The summed E-state index contributed by atoms with van der Waals surface area (Å²) in [5, 5.41) is 17.1. The smallest absolute Gasteiger partial charge is 0.0978 e. The van der Waals surface area contributed by atoms with Crippen molar-refractivity contribution in [1.29, 1.82) is 0 Å². The van der Waals surface area contributed by atoms with Gasteiger partial charge in [0.1, 0.15) is 0 Å². The maximum Gasteiger partial charge on any atom is 0.0978 e. The molecule has 5 heteroatoms. The molecule has 0 amide bonds.